The van der Waals surface area contributed by atoms with Gasteiger partial charge in [0.25, 0.3) is 5.56 Å². The van der Waals surface area contributed by atoms with Gasteiger partial charge in [-0.3, -0.25) is 4.79 Å². The van der Waals surface area contributed by atoms with Crippen LogP contribution >= 0.6 is 11.3 Å². The third-order valence-corrected chi connectivity index (χ3v) is 3.68. The summed E-state index contributed by atoms with van der Waals surface area (Å²) in [6.45, 7) is 10.3. The number of rotatable bonds is 3. The van der Waals surface area contributed by atoms with Crippen LogP contribution in [0.5, 0.6) is 0 Å². The summed E-state index contributed by atoms with van der Waals surface area (Å²) in [6.07, 6.45) is 0. The Balaban J connectivity index is 2.34. The molecule has 20 heavy (non-hydrogen) atoms. The summed E-state index contributed by atoms with van der Waals surface area (Å²) < 4.78 is 0. The molecule has 0 bridgehead atoms. The van der Waals surface area contributed by atoms with Gasteiger partial charge in [-0.05, 0) is 26.0 Å². The van der Waals surface area contributed by atoms with Gasteiger partial charge in [0, 0.05) is 22.5 Å². The van der Waals surface area contributed by atoms with E-state index in [1.54, 1.807) is 0 Å². The van der Waals surface area contributed by atoms with Crippen molar-refractivity contribution in [2.24, 2.45) is 0 Å². The Labute approximate surface area is 123 Å². The van der Waals surface area contributed by atoms with Crippen LogP contribution in [0.1, 0.15) is 40.3 Å². The third kappa shape index (κ3) is 3.28. The lowest BCUT2D eigenvalue weighted by atomic mass is 9.91. The molecule has 0 aliphatic rings. The number of nitrogens with zero attached hydrogens (tertiary/aromatic N) is 1. The summed E-state index contributed by atoms with van der Waals surface area (Å²) in [5, 5.41) is 6.00. The Morgan fingerprint density at radius 1 is 1.30 bits per heavy atom. The molecule has 0 saturated carbocycles. The van der Waals surface area contributed by atoms with Gasteiger partial charge in [-0.1, -0.05) is 20.8 Å². The predicted molar refractivity (Wildman–Crippen MR) is 85.6 cm³/mol. The standard InChI is InChI=1S/C15H21N3OS/c1-9(2)16-14-17-11(8-20-14)10-6-7-12(15(3,4)5)18-13(10)19/h6-9H,1-5H3,(H,16,17)(H,18,19). The zero-order valence-electron chi connectivity index (χ0n) is 12.6. The zero-order chi connectivity index (χ0) is 14.9. The van der Waals surface area contributed by atoms with Crippen molar-refractivity contribution in [1.29, 1.82) is 0 Å². The maximum absolute atomic E-state index is 12.2. The summed E-state index contributed by atoms with van der Waals surface area (Å²) >= 11 is 1.52. The summed E-state index contributed by atoms with van der Waals surface area (Å²) in [7, 11) is 0. The first kappa shape index (κ1) is 14.8. The minimum atomic E-state index is -0.0844. The number of anilines is 1. The van der Waals surface area contributed by atoms with E-state index in [-0.39, 0.29) is 11.0 Å². The van der Waals surface area contributed by atoms with E-state index >= 15 is 0 Å². The van der Waals surface area contributed by atoms with E-state index in [9.17, 15) is 4.79 Å². The van der Waals surface area contributed by atoms with Crippen molar-refractivity contribution in [3.63, 3.8) is 0 Å². The van der Waals surface area contributed by atoms with Gasteiger partial charge >= 0.3 is 0 Å². The third-order valence-electron chi connectivity index (χ3n) is 2.91. The van der Waals surface area contributed by atoms with Crippen molar-refractivity contribution >= 4 is 16.5 Å². The molecule has 108 valence electrons. The molecule has 0 atom stereocenters. The molecule has 0 fully saturated rings. The van der Waals surface area contributed by atoms with Crippen LogP contribution < -0.4 is 10.9 Å². The van der Waals surface area contributed by atoms with Crippen LogP contribution in [0.3, 0.4) is 0 Å². The molecule has 0 aliphatic heterocycles. The topological polar surface area (TPSA) is 57.8 Å². The number of thiazole rings is 1. The smallest absolute Gasteiger partial charge is 0.257 e. The van der Waals surface area contributed by atoms with Crippen LogP contribution in [0.25, 0.3) is 11.3 Å². The first-order valence-electron chi connectivity index (χ1n) is 6.73. The van der Waals surface area contributed by atoms with Crippen molar-refractivity contribution in [1.82, 2.24) is 9.97 Å². The number of pyridine rings is 1. The van der Waals surface area contributed by atoms with Crippen LogP contribution in [0, 0.1) is 0 Å². The molecule has 0 radical (unpaired) electrons. The van der Waals surface area contributed by atoms with Gasteiger partial charge in [0.05, 0.1) is 11.3 Å². The molecule has 5 heteroatoms. The van der Waals surface area contributed by atoms with E-state index in [1.807, 2.05) is 17.5 Å². The summed E-state index contributed by atoms with van der Waals surface area (Å²) in [4.78, 5) is 19.6. The van der Waals surface area contributed by atoms with E-state index in [1.165, 1.54) is 11.3 Å². The van der Waals surface area contributed by atoms with E-state index in [4.69, 9.17) is 0 Å². The van der Waals surface area contributed by atoms with E-state index in [0.717, 1.165) is 16.5 Å². The molecule has 2 aromatic heterocycles. The Hall–Kier alpha value is -1.62. The molecule has 0 saturated heterocycles. The van der Waals surface area contributed by atoms with Crippen LogP contribution in [0.4, 0.5) is 5.13 Å². The number of aromatic amines is 1. The van der Waals surface area contributed by atoms with Crippen molar-refractivity contribution in [2.75, 3.05) is 5.32 Å². The maximum Gasteiger partial charge on any atom is 0.257 e. The highest BCUT2D eigenvalue weighted by atomic mass is 32.1. The fourth-order valence-electron chi connectivity index (χ4n) is 1.82. The fraction of sp³-hybridized carbons (Fsp3) is 0.467. The number of hydrogen-bond donors (Lipinski definition) is 2. The average molecular weight is 291 g/mol. The molecule has 0 spiro atoms. The first-order valence-corrected chi connectivity index (χ1v) is 7.61. The lowest BCUT2D eigenvalue weighted by molar-refractivity contribution is 0.567. The Morgan fingerprint density at radius 3 is 2.55 bits per heavy atom. The molecule has 4 nitrogen and oxygen atoms in total. The van der Waals surface area contributed by atoms with Crippen molar-refractivity contribution in [3.8, 4) is 11.3 Å². The van der Waals surface area contributed by atoms with Gasteiger partial charge < -0.3 is 10.3 Å². The number of H-pyrrole nitrogens is 1. The van der Waals surface area contributed by atoms with E-state index in [0.29, 0.717) is 11.6 Å². The van der Waals surface area contributed by atoms with Crippen LogP contribution in [-0.4, -0.2) is 16.0 Å². The predicted octanol–water partition coefficient (Wildman–Crippen LogP) is 3.62. The first-order chi connectivity index (χ1) is 9.27. The molecular weight excluding hydrogens is 270 g/mol. The minimum absolute atomic E-state index is 0.0654. The number of nitrogens with one attached hydrogen (secondary N) is 2. The van der Waals surface area contributed by atoms with Gasteiger partial charge in [-0.25, -0.2) is 4.98 Å². The Morgan fingerprint density at radius 2 is 2.00 bits per heavy atom. The van der Waals surface area contributed by atoms with Crippen molar-refractivity contribution in [3.05, 3.63) is 33.6 Å². The molecular formula is C15H21N3OS. The Bertz CT molecular complexity index is 650. The second-order valence-electron chi connectivity index (χ2n) is 6.20. The molecule has 2 aromatic rings. The minimum Gasteiger partial charge on any atom is -0.359 e. The molecule has 0 amide bonds. The molecule has 0 unspecified atom stereocenters. The van der Waals surface area contributed by atoms with Gasteiger partial charge in [-0.2, -0.15) is 0 Å². The molecule has 2 heterocycles. The van der Waals surface area contributed by atoms with Crippen LogP contribution in [0.15, 0.2) is 22.3 Å². The SMILES string of the molecule is CC(C)Nc1nc(-c2ccc(C(C)(C)C)[nH]c2=O)cs1. The molecule has 0 aromatic carbocycles. The maximum atomic E-state index is 12.2. The van der Waals surface area contributed by atoms with Crippen LogP contribution in [-0.2, 0) is 5.41 Å². The summed E-state index contributed by atoms with van der Waals surface area (Å²) in [5.41, 5.74) is 2.12. The molecule has 0 aliphatic carbocycles. The highest BCUT2D eigenvalue weighted by molar-refractivity contribution is 7.14. The summed E-state index contributed by atoms with van der Waals surface area (Å²) in [5.74, 6) is 0. The van der Waals surface area contributed by atoms with Gasteiger partial charge in [0.15, 0.2) is 5.13 Å². The average Bonchev–Trinajstić information content (AvgIpc) is 2.75. The van der Waals surface area contributed by atoms with E-state index < -0.39 is 0 Å². The monoisotopic (exact) mass is 291 g/mol. The second kappa shape index (κ2) is 5.40. The lowest BCUT2D eigenvalue weighted by Gasteiger charge is -2.18. The van der Waals surface area contributed by atoms with E-state index in [2.05, 4.69) is 49.9 Å². The van der Waals surface area contributed by atoms with Gasteiger partial charge in [-0.15, -0.1) is 11.3 Å². The summed E-state index contributed by atoms with van der Waals surface area (Å²) in [6, 6.07) is 4.15. The fourth-order valence-corrected chi connectivity index (χ4v) is 2.68. The number of hydrogen-bond acceptors (Lipinski definition) is 4. The zero-order valence-corrected chi connectivity index (χ0v) is 13.4. The van der Waals surface area contributed by atoms with Crippen molar-refractivity contribution in [2.45, 2.75) is 46.1 Å². The Kier molecular flexibility index (Phi) is 3.99. The highest BCUT2D eigenvalue weighted by Gasteiger charge is 2.16. The largest absolute Gasteiger partial charge is 0.359 e. The van der Waals surface area contributed by atoms with Gasteiger partial charge in [0.1, 0.15) is 0 Å². The second-order valence-corrected chi connectivity index (χ2v) is 7.06. The van der Waals surface area contributed by atoms with Crippen LogP contribution in [0.2, 0.25) is 0 Å². The normalized spacial score (nSPS) is 11.9. The quantitative estimate of drug-likeness (QED) is 0.908. The van der Waals surface area contributed by atoms with Gasteiger partial charge in [0.2, 0.25) is 0 Å². The molecule has 2 rings (SSSR count). The highest BCUT2D eigenvalue weighted by Crippen LogP contribution is 2.25. The molecule has 2 N–H and O–H groups in total. The van der Waals surface area contributed by atoms with Crippen molar-refractivity contribution < 1.29 is 0 Å². The lowest BCUT2D eigenvalue weighted by Crippen LogP contribution is -2.20. The number of aromatic nitrogens is 2.